The van der Waals surface area contributed by atoms with Gasteiger partial charge in [-0.3, -0.25) is 4.57 Å². The lowest BCUT2D eigenvalue weighted by molar-refractivity contribution is 0.893. The van der Waals surface area contributed by atoms with E-state index in [-0.39, 0.29) is 0 Å². The van der Waals surface area contributed by atoms with Crippen LogP contribution in [0.25, 0.3) is 16.9 Å². The molecule has 0 aliphatic rings. The van der Waals surface area contributed by atoms with Crippen LogP contribution in [0.2, 0.25) is 5.02 Å². The Labute approximate surface area is 146 Å². The summed E-state index contributed by atoms with van der Waals surface area (Å²) < 4.78 is 2.20. The fourth-order valence-corrected chi connectivity index (χ4v) is 3.37. The first kappa shape index (κ1) is 16.2. The molecular formula is C19H19ClN2S. The van der Waals surface area contributed by atoms with Gasteiger partial charge in [-0.15, -0.1) is 0 Å². The molecule has 23 heavy (non-hydrogen) atoms. The molecule has 0 saturated heterocycles. The maximum atomic E-state index is 6.04. The molecule has 0 amide bonds. The highest BCUT2D eigenvalue weighted by molar-refractivity contribution is 7.99. The van der Waals surface area contributed by atoms with Crippen LogP contribution in [0.15, 0.2) is 59.9 Å². The van der Waals surface area contributed by atoms with Crippen molar-refractivity contribution in [3.8, 4) is 16.9 Å². The molecule has 1 aromatic heterocycles. The number of rotatable bonds is 4. The maximum Gasteiger partial charge on any atom is 0.173 e. The van der Waals surface area contributed by atoms with Gasteiger partial charge in [0.2, 0.25) is 0 Å². The zero-order chi connectivity index (χ0) is 16.4. The van der Waals surface area contributed by atoms with Crippen molar-refractivity contribution in [2.75, 3.05) is 0 Å². The predicted octanol–water partition coefficient (Wildman–Crippen LogP) is 6.00. The van der Waals surface area contributed by atoms with Crippen LogP contribution in [0.5, 0.6) is 0 Å². The lowest BCUT2D eigenvalue weighted by Crippen LogP contribution is -2.01. The number of thioether (sulfide) groups is 1. The second kappa shape index (κ2) is 6.81. The van der Waals surface area contributed by atoms with Gasteiger partial charge in [-0.05, 0) is 31.2 Å². The molecule has 0 fully saturated rings. The third-order valence-corrected chi connectivity index (χ3v) is 4.72. The monoisotopic (exact) mass is 342 g/mol. The molecule has 3 rings (SSSR count). The second-order valence-corrected chi connectivity index (χ2v) is 7.75. The molecule has 0 radical (unpaired) electrons. The van der Waals surface area contributed by atoms with E-state index in [9.17, 15) is 0 Å². The number of hydrogen-bond acceptors (Lipinski definition) is 2. The molecule has 118 valence electrons. The van der Waals surface area contributed by atoms with E-state index < -0.39 is 0 Å². The third kappa shape index (κ3) is 3.62. The minimum absolute atomic E-state index is 0.467. The van der Waals surface area contributed by atoms with Crippen LogP contribution in [0, 0.1) is 6.92 Å². The van der Waals surface area contributed by atoms with Crippen molar-refractivity contribution >= 4 is 23.4 Å². The number of hydrogen-bond donors (Lipinski definition) is 0. The van der Waals surface area contributed by atoms with Gasteiger partial charge in [-0.1, -0.05) is 67.0 Å². The molecule has 0 saturated carbocycles. The Bertz CT molecular complexity index is 789. The molecule has 0 atom stereocenters. The van der Waals surface area contributed by atoms with E-state index in [1.807, 2.05) is 30.5 Å². The van der Waals surface area contributed by atoms with Crippen LogP contribution >= 0.6 is 23.4 Å². The Morgan fingerprint density at radius 3 is 2.26 bits per heavy atom. The van der Waals surface area contributed by atoms with Gasteiger partial charge in [0.1, 0.15) is 0 Å². The number of aromatic nitrogens is 2. The third-order valence-electron chi connectivity index (χ3n) is 3.50. The number of nitrogens with zero attached hydrogens (tertiary/aromatic N) is 2. The highest BCUT2D eigenvalue weighted by Gasteiger charge is 2.15. The summed E-state index contributed by atoms with van der Waals surface area (Å²) in [5.41, 5.74) is 4.58. The van der Waals surface area contributed by atoms with Crippen molar-refractivity contribution in [3.05, 3.63) is 65.3 Å². The van der Waals surface area contributed by atoms with Crippen LogP contribution in [0.4, 0.5) is 0 Å². The first-order chi connectivity index (χ1) is 11.0. The summed E-state index contributed by atoms with van der Waals surface area (Å²) in [4.78, 5) is 4.65. The van der Waals surface area contributed by atoms with Gasteiger partial charge < -0.3 is 0 Å². The van der Waals surface area contributed by atoms with Crippen LogP contribution in [-0.4, -0.2) is 14.8 Å². The van der Waals surface area contributed by atoms with Crippen molar-refractivity contribution in [1.29, 1.82) is 0 Å². The van der Waals surface area contributed by atoms with Crippen molar-refractivity contribution in [1.82, 2.24) is 9.55 Å². The fraction of sp³-hybridized carbons (Fsp3) is 0.211. The number of aryl methyl sites for hydroxylation is 1. The molecule has 0 N–H and O–H groups in total. The molecule has 0 aliphatic carbocycles. The predicted molar refractivity (Wildman–Crippen MR) is 99.7 cm³/mol. The van der Waals surface area contributed by atoms with E-state index >= 15 is 0 Å². The standard InChI is InChI=1S/C19H19ClN2S/c1-13(2)23-19-21-12-18(15-6-4-14(3)5-7-15)22(19)17-10-8-16(20)9-11-17/h4-13H,1-3H3. The van der Waals surface area contributed by atoms with E-state index in [1.54, 1.807) is 11.8 Å². The molecule has 4 heteroatoms. The summed E-state index contributed by atoms with van der Waals surface area (Å²) >= 11 is 7.80. The minimum Gasteiger partial charge on any atom is -0.287 e. The van der Waals surface area contributed by atoms with E-state index in [2.05, 4.69) is 54.6 Å². The summed E-state index contributed by atoms with van der Waals surface area (Å²) in [6.45, 7) is 6.45. The highest BCUT2D eigenvalue weighted by Crippen LogP contribution is 2.32. The molecule has 0 spiro atoms. The van der Waals surface area contributed by atoms with Gasteiger partial charge in [0.25, 0.3) is 0 Å². The molecule has 2 aromatic carbocycles. The highest BCUT2D eigenvalue weighted by atomic mass is 35.5. The van der Waals surface area contributed by atoms with Crippen LogP contribution in [-0.2, 0) is 0 Å². The summed E-state index contributed by atoms with van der Waals surface area (Å²) in [6, 6.07) is 16.4. The number of benzene rings is 2. The van der Waals surface area contributed by atoms with Crippen molar-refractivity contribution in [3.63, 3.8) is 0 Å². The maximum absolute atomic E-state index is 6.04. The van der Waals surface area contributed by atoms with Gasteiger partial charge in [0.15, 0.2) is 5.16 Å². The molecule has 0 aliphatic heterocycles. The van der Waals surface area contributed by atoms with Gasteiger partial charge in [0.05, 0.1) is 11.9 Å². The SMILES string of the molecule is Cc1ccc(-c2cnc(SC(C)C)n2-c2ccc(Cl)cc2)cc1. The molecular weight excluding hydrogens is 324 g/mol. The van der Waals surface area contributed by atoms with E-state index in [0.717, 1.165) is 27.1 Å². The Balaban J connectivity index is 2.14. The van der Waals surface area contributed by atoms with Gasteiger partial charge in [-0.2, -0.15) is 0 Å². The van der Waals surface area contributed by atoms with Gasteiger partial charge in [-0.25, -0.2) is 4.98 Å². The Kier molecular flexibility index (Phi) is 4.79. The van der Waals surface area contributed by atoms with Crippen LogP contribution in [0.1, 0.15) is 19.4 Å². The Hall–Kier alpha value is -1.71. The largest absolute Gasteiger partial charge is 0.287 e. The minimum atomic E-state index is 0.467. The molecule has 0 unspecified atom stereocenters. The number of imidazole rings is 1. The summed E-state index contributed by atoms with van der Waals surface area (Å²) in [5, 5.41) is 2.20. The van der Waals surface area contributed by atoms with Gasteiger partial charge >= 0.3 is 0 Å². The molecule has 1 heterocycles. The smallest absolute Gasteiger partial charge is 0.173 e. The lowest BCUT2D eigenvalue weighted by atomic mass is 10.1. The van der Waals surface area contributed by atoms with Crippen molar-refractivity contribution in [2.24, 2.45) is 0 Å². The summed E-state index contributed by atoms with van der Waals surface area (Å²) in [6.07, 6.45) is 1.95. The zero-order valence-electron chi connectivity index (χ0n) is 13.5. The van der Waals surface area contributed by atoms with Crippen LogP contribution in [0.3, 0.4) is 0 Å². The Morgan fingerprint density at radius 1 is 1.00 bits per heavy atom. The summed E-state index contributed by atoms with van der Waals surface area (Å²) in [7, 11) is 0. The second-order valence-electron chi connectivity index (χ2n) is 5.77. The quantitative estimate of drug-likeness (QED) is 0.541. The van der Waals surface area contributed by atoms with E-state index in [0.29, 0.717) is 5.25 Å². The normalized spacial score (nSPS) is 11.2. The Morgan fingerprint density at radius 2 is 1.65 bits per heavy atom. The molecule has 3 aromatic rings. The first-order valence-corrected chi connectivity index (χ1v) is 8.88. The topological polar surface area (TPSA) is 17.8 Å². The van der Waals surface area contributed by atoms with Crippen molar-refractivity contribution in [2.45, 2.75) is 31.2 Å². The van der Waals surface area contributed by atoms with E-state index in [1.165, 1.54) is 5.56 Å². The molecule has 0 bridgehead atoms. The average molecular weight is 343 g/mol. The lowest BCUT2D eigenvalue weighted by Gasteiger charge is -2.13. The summed E-state index contributed by atoms with van der Waals surface area (Å²) in [5.74, 6) is 0. The van der Waals surface area contributed by atoms with E-state index in [4.69, 9.17) is 11.6 Å². The first-order valence-electron chi connectivity index (χ1n) is 7.62. The van der Waals surface area contributed by atoms with Crippen LogP contribution < -0.4 is 0 Å². The van der Waals surface area contributed by atoms with Gasteiger partial charge in [0, 0.05) is 21.5 Å². The molecule has 2 nitrogen and oxygen atoms in total. The fourth-order valence-electron chi connectivity index (χ4n) is 2.40. The van der Waals surface area contributed by atoms with Crippen molar-refractivity contribution < 1.29 is 0 Å². The average Bonchev–Trinajstić information content (AvgIpc) is 2.92. The zero-order valence-corrected chi connectivity index (χ0v) is 15.0. The number of halogens is 1.